The highest BCUT2D eigenvalue weighted by Gasteiger charge is 2.31. The number of hydrogen-bond donors (Lipinski definition) is 1. The van der Waals surface area contributed by atoms with Gasteiger partial charge in [0.2, 0.25) is 0 Å². The predicted octanol–water partition coefficient (Wildman–Crippen LogP) is 3.55. The van der Waals surface area contributed by atoms with E-state index in [0.717, 1.165) is 11.1 Å². The van der Waals surface area contributed by atoms with Crippen LogP contribution >= 0.6 is 24.0 Å². The monoisotopic (exact) mass is 385 g/mol. The molecule has 2 aromatic carbocycles. The van der Waals surface area contributed by atoms with Crippen LogP contribution in [-0.2, 0) is 16.1 Å². The summed E-state index contributed by atoms with van der Waals surface area (Å²) in [5.74, 6) is -0.751. The van der Waals surface area contributed by atoms with Crippen LogP contribution in [0.15, 0.2) is 59.5 Å². The maximum Gasteiger partial charge on any atom is 0.341 e. The van der Waals surface area contributed by atoms with E-state index in [9.17, 15) is 9.59 Å². The maximum atomic E-state index is 12.7. The first kappa shape index (κ1) is 18.2. The Balaban J connectivity index is 1.75. The molecule has 2 aromatic rings. The highest BCUT2D eigenvalue weighted by molar-refractivity contribution is 8.26. The smallest absolute Gasteiger partial charge is 0.341 e. The first-order chi connectivity index (χ1) is 12.5. The summed E-state index contributed by atoms with van der Waals surface area (Å²) in [4.78, 5) is 25.4. The van der Waals surface area contributed by atoms with Gasteiger partial charge >= 0.3 is 5.97 Å². The van der Waals surface area contributed by atoms with Crippen LogP contribution in [0.3, 0.4) is 0 Å². The average Bonchev–Trinajstić information content (AvgIpc) is 2.89. The number of rotatable bonds is 6. The highest BCUT2D eigenvalue weighted by atomic mass is 32.2. The van der Waals surface area contributed by atoms with Gasteiger partial charge in [0.15, 0.2) is 6.61 Å². The largest absolute Gasteiger partial charge is 0.482 e. The molecule has 132 valence electrons. The minimum absolute atomic E-state index is 0.138. The first-order valence-corrected chi connectivity index (χ1v) is 8.99. The minimum Gasteiger partial charge on any atom is -0.482 e. The van der Waals surface area contributed by atoms with Gasteiger partial charge in [-0.05, 0) is 29.3 Å². The third kappa shape index (κ3) is 4.50. The van der Waals surface area contributed by atoms with Gasteiger partial charge in [-0.1, -0.05) is 66.4 Å². The second kappa shape index (κ2) is 8.16. The van der Waals surface area contributed by atoms with Crippen molar-refractivity contribution in [1.29, 1.82) is 0 Å². The van der Waals surface area contributed by atoms with Gasteiger partial charge in [-0.15, -0.1) is 0 Å². The number of benzene rings is 2. The number of aliphatic carboxylic acids is 1. The molecular weight excluding hydrogens is 370 g/mol. The fourth-order valence-electron chi connectivity index (χ4n) is 2.39. The molecule has 5 nitrogen and oxygen atoms in total. The van der Waals surface area contributed by atoms with E-state index in [1.807, 2.05) is 36.4 Å². The molecule has 0 bridgehead atoms. The fraction of sp³-hybridized carbons (Fsp3) is 0.105. The number of carbonyl (C=O) groups excluding carboxylic acids is 1. The van der Waals surface area contributed by atoms with Crippen molar-refractivity contribution in [3.05, 3.63) is 70.6 Å². The van der Waals surface area contributed by atoms with E-state index in [4.69, 9.17) is 22.1 Å². The molecule has 1 heterocycles. The predicted molar refractivity (Wildman–Crippen MR) is 105 cm³/mol. The molecule has 0 aromatic heterocycles. The van der Waals surface area contributed by atoms with Gasteiger partial charge in [-0.2, -0.15) is 0 Å². The van der Waals surface area contributed by atoms with Crippen molar-refractivity contribution in [2.75, 3.05) is 6.61 Å². The third-order valence-corrected chi connectivity index (χ3v) is 4.95. The molecule has 26 heavy (non-hydrogen) atoms. The summed E-state index contributed by atoms with van der Waals surface area (Å²) < 4.78 is 5.68. The van der Waals surface area contributed by atoms with Crippen molar-refractivity contribution < 1.29 is 19.4 Å². The average molecular weight is 385 g/mol. The topological polar surface area (TPSA) is 66.8 Å². The summed E-state index contributed by atoms with van der Waals surface area (Å²) in [5.41, 5.74) is 1.75. The molecule has 1 aliphatic heterocycles. The number of hydrogen-bond acceptors (Lipinski definition) is 5. The fourth-order valence-corrected chi connectivity index (χ4v) is 3.65. The summed E-state index contributed by atoms with van der Waals surface area (Å²) in [6, 6.07) is 16.6. The molecule has 0 atom stereocenters. The van der Waals surface area contributed by atoms with Gasteiger partial charge in [-0.25, -0.2) is 4.79 Å². The molecule has 0 saturated carbocycles. The molecule has 0 unspecified atom stereocenters. The number of thiocarbonyl (C=S) groups is 1. The Hall–Kier alpha value is -2.64. The van der Waals surface area contributed by atoms with Crippen LogP contribution in [0.25, 0.3) is 6.08 Å². The number of carbonyl (C=O) groups is 2. The lowest BCUT2D eigenvalue weighted by molar-refractivity contribution is -0.139. The summed E-state index contributed by atoms with van der Waals surface area (Å²) in [7, 11) is 0. The summed E-state index contributed by atoms with van der Waals surface area (Å²) in [5, 5.41) is 8.68. The van der Waals surface area contributed by atoms with Crippen LogP contribution < -0.4 is 4.74 Å². The zero-order valence-electron chi connectivity index (χ0n) is 13.6. The van der Waals surface area contributed by atoms with Crippen LogP contribution in [0, 0.1) is 0 Å². The molecule has 1 aliphatic rings. The Morgan fingerprint density at radius 1 is 1.19 bits per heavy atom. The molecule has 0 aliphatic carbocycles. The van der Waals surface area contributed by atoms with Gasteiger partial charge < -0.3 is 9.84 Å². The van der Waals surface area contributed by atoms with Gasteiger partial charge in [0.1, 0.15) is 10.1 Å². The van der Waals surface area contributed by atoms with Crippen molar-refractivity contribution >= 4 is 46.3 Å². The van der Waals surface area contributed by atoms with Crippen molar-refractivity contribution in [1.82, 2.24) is 4.90 Å². The van der Waals surface area contributed by atoms with Crippen LogP contribution in [0.4, 0.5) is 0 Å². The van der Waals surface area contributed by atoms with E-state index in [2.05, 4.69) is 0 Å². The third-order valence-electron chi connectivity index (χ3n) is 3.58. The second-order valence-electron chi connectivity index (χ2n) is 5.51. The van der Waals surface area contributed by atoms with Crippen molar-refractivity contribution in [3.63, 3.8) is 0 Å². The van der Waals surface area contributed by atoms with Crippen LogP contribution in [0.1, 0.15) is 11.1 Å². The Labute approximate surface area is 160 Å². The Kier molecular flexibility index (Phi) is 5.70. The highest BCUT2D eigenvalue weighted by Crippen LogP contribution is 2.34. The molecule has 3 rings (SSSR count). The SMILES string of the molecule is O=C(O)COc1cccc(C=C2SC(=S)N(Cc3ccccc3)C2=O)c1. The van der Waals surface area contributed by atoms with E-state index >= 15 is 0 Å². The second-order valence-corrected chi connectivity index (χ2v) is 7.18. The number of carboxylic acid groups (broad SMARTS) is 1. The maximum absolute atomic E-state index is 12.7. The van der Waals surface area contributed by atoms with Crippen molar-refractivity contribution in [2.45, 2.75) is 6.54 Å². The zero-order chi connectivity index (χ0) is 18.5. The van der Waals surface area contributed by atoms with Crippen LogP contribution in [0.5, 0.6) is 5.75 Å². The van der Waals surface area contributed by atoms with Crippen molar-refractivity contribution in [2.24, 2.45) is 0 Å². The Morgan fingerprint density at radius 2 is 1.96 bits per heavy atom. The van der Waals surface area contributed by atoms with Gasteiger partial charge in [0.25, 0.3) is 5.91 Å². The molecule has 0 radical (unpaired) electrons. The van der Waals surface area contributed by atoms with E-state index in [1.165, 1.54) is 11.8 Å². The lowest BCUT2D eigenvalue weighted by Gasteiger charge is -2.14. The van der Waals surface area contributed by atoms with Gasteiger partial charge in [0.05, 0.1) is 11.4 Å². The Bertz CT molecular complexity index is 880. The number of thioether (sulfide) groups is 1. The molecule has 1 saturated heterocycles. The number of nitrogens with zero attached hydrogens (tertiary/aromatic N) is 1. The summed E-state index contributed by atoms with van der Waals surface area (Å²) >= 11 is 6.60. The molecule has 7 heteroatoms. The van der Waals surface area contributed by atoms with Crippen molar-refractivity contribution in [3.8, 4) is 5.75 Å². The number of amides is 1. The van der Waals surface area contributed by atoms with Crippen LogP contribution in [0.2, 0.25) is 0 Å². The molecule has 1 fully saturated rings. The van der Waals surface area contributed by atoms with E-state index in [1.54, 1.807) is 29.2 Å². The lowest BCUT2D eigenvalue weighted by Crippen LogP contribution is -2.27. The summed E-state index contributed by atoms with van der Waals surface area (Å²) in [6.45, 7) is 0.0211. The quantitative estimate of drug-likeness (QED) is 0.606. The molecule has 0 spiro atoms. The first-order valence-electron chi connectivity index (χ1n) is 7.77. The zero-order valence-corrected chi connectivity index (χ0v) is 15.3. The number of carboxylic acids is 1. The van der Waals surface area contributed by atoms with Gasteiger partial charge in [-0.3, -0.25) is 9.69 Å². The van der Waals surface area contributed by atoms with E-state index < -0.39 is 12.6 Å². The number of ether oxygens (including phenoxy) is 1. The Morgan fingerprint density at radius 3 is 2.69 bits per heavy atom. The molecule has 1 N–H and O–H groups in total. The van der Waals surface area contributed by atoms with Gasteiger partial charge in [0, 0.05) is 0 Å². The van der Waals surface area contributed by atoms with E-state index in [0.29, 0.717) is 21.5 Å². The lowest BCUT2D eigenvalue weighted by atomic mass is 10.2. The standard InChI is InChI=1S/C19H15NO4S2/c21-17(22)12-24-15-8-4-7-14(9-15)10-16-18(23)20(19(25)26-16)11-13-5-2-1-3-6-13/h1-10H,11-12H2,(H,21,22). The minimum atomic E-state index is -1.04. The summed E-state index contributed by atoms with van der Waals surface area (Å²) in [6.07, 6.45) is 1.73. The van der Waals surface area contributed by atoms with E-state index in [-0.39, 0.29) is 5.91 Å². The molecule has 1 amide bonds. The molecular formula is C19H15NO4S2. The normalized spacial score (nSPS) is 15.5. The van der Waals surface area contributed by atoms with Crippen LogP contribution in [-0.4, -0.2) is 32.8 Å².